The lowest BCUT2D eigenvalue weighted by atomic mass is 9.96. The van der Waals surface area contributed by atoms with Gasteiger partial charge >= 0.3 is 5.97 Å². The van der Waals surface area contributed by atoms with Crippen LogP contribution in [0, 0.1) is 28.5 Å². The summed E-state index contributed by atoms with van der Waals surface area (Å²) in [5.74, 6) is -1.19. The summed E-state index contributed by atoms with van der Waals surface area (Å²) < 4.78 is 19.1. The minimum Gasteiger partial charge on any atom is -0.457 e. The number of ether oxygens (including phenoxy) is 1. The molecule has 0 saturated heterocycles. The van der Waals surface area contributed by atoms with Crippen LogP contribution < -0.4 is 0 Å². The van der Waals surface area contributed by atoms with Crippen molar-refractivity contribution in [2.45, 2.75) is 6.61 Å². The van der Waals surface area contributed by atoms with Crippen LogP contribution >= 0.6 is 0 Å². The van der Waals surface area contributed by atoms with Crippen molar-refractivity contribution < 1.29 is 13.9 Å². The molecule has 4 nitrogen and oxygen atoms in total. The van der Waals surface area contributed by atoms with Crippen molar-refractivity contribution in [3.63, 3.8) is 0 Å². The summed E-state index contributed by atoms with van der Waals surface area (Å²) in [6.07, 6.45) is 0. The van der Waals surface area contributed by atoms with Gasteiger partial charge in [0.15, 0.2) is 0 Å². The van der Waals surface area contributed by atoms with E-state index in [0.717, 1.165) is 0 Å². The van der Waals surface area contributed by atoms with Crippen LogP contribution in [0.3, 0.4) is 0 Å². The Morgan fingerprint density at radius 1 is 0.926 bits per heavy atom. The number of hydrogen-bond donors (Lipinski definition) is 0. The molecule has 130 valence electrons. The maximum absolute atomic E-state index is 13.9. The van der Waals surface area contributed by atoms with Gasteiger partial charge in [-0.25, -0.2) is 9.18 Å². The number of halogens is 1. The van der Waals surface area contributed by atoms with Gasteiger partial charge in [-0.15, -0.1) is 0 Å². The van der Waals surface area contributed by atoms with E-state index >= 15 is 0 Å². The van der Waals surface area contributed by atoms with Gasteiger partial charge in [0.2, 0.25) is 0 Å². The largest absolute Gasteiger partial charge is 0.457 e. The highest BCUT2D eigenvalue weighted by Gasteiger charge is 2.16. The molecule has 0 heterocycles. The van der Waals surface area contributed by atoms with Crippen LogP contribution in [0.5, 0.6) is 0 Å². The molecule has 0 aliphatic carbocycles. The van der Waals surface area contributed by atoms with Gasteiger partial charge in [-0.3, -0.25) is 0 Å². The molecular formula is C22H13FN2O2. The average Bonchev–Trinajstić information content (AvgIpc) is 2.73. The third-order valence-electron chi connectivity index (χ3n) is 4.02. The first-order valence-corrected chi connectivity index (χ1v) is 8.08. The summed E-state index contributed by atoms with van der Waals surface area (Å²) in [5, 5.41) is 18.2. The van der Waals surface area contributed by atoms with Gasteiger partial charge in [0.05, 0.1) is 28.8 Å². The van der Waals surface area contributed by atoms with Crippen molar-refractivity contribution in [2.75, 3.05) is 0 Å². The van der Waals surface area contributed by atoms with Crippen LogP contribution in [0.15, 0.2) is 66.7 Å². The molecular weight excluding hydrogens is 343 g/mol. The van der Waals surface area contributed by atoms with E-state index in [1.54, 1.807) is 48.5 Å². The highest BCUT2D eigenvalue weighted by atomic mass is 19.1. The predicted octanol–water partition coefficient (Wildman–Crippen LogP) is 4.59. The zero-order valence-corrected chi connectivity index (χ0v) is 14.1. The minimum atomic E-state index is -0.639. The van der Waals surface area contributed by atoms with Gasteiger partial charge in [0, 0.05) is 11.1 Å². The summed E-state index contributed by atoms with van der Waals surface area (Å²) in [4.78, 5) is 12.6. The monoisotopic (exact) mass is 356 g/mol. The Morgan fingerprint density at radius 2 is 1.63 bits per heavy atom. The standard InChI is InChI=1S/C22H13FN2O2/c23-21-10-9-15(12-24)11-17(21)14-27-22(26)20-8-4-3-7-19(20)18-6-2-1-5-16(18)13-25/h1-11H,14H2. The Morgan fingerprint density at radius 3 is 2.37 bits per heavy atom. The molecule has 0 amide bonds. The number of esters is 1. The zero-order valence-electron chi connectivity index (χ0n) is 14.1. The Labute approximate surface area is 155 Å². The Kier molecular flexibility index (Phi) is 5.25. The fourth-order valence-electron chi connectivity index (χ4n) is 2.69. The number of hydrogen-bond acceptors (Lipinski definition) is 4. The fraction of sp³-hybridized carbons (Fsp3) is 0.0455. The number of carbonyl (C=O) groups is 1. The first-order chi connectivity index (χ1) is 13.1. The molecule has 27 heavy (non-hydrogen) atoms. The summed E-state index contributed by atoms with van der Waals surface area (Å²) in [7, 11) is 0. The molecule has 0 fully saturated rings. The molecule has 0 spiro atoms. The van der Waals surface area contributed by atoms with E-state index < -0.39 is 11.8 Å². The smallest absolute Gasteiger partial charge is 0.339 e. The van der Waals surface area contributed by atoms with Gasteiger partial charge in [0.1, 0.15) is 12.4 Å². The summed E-state index contributed by atoms with van der Waals surface area (Å²) in [6, 6.07) is 21.6. The highest BCUT2D eigenvalue weighted by molar-refractivity contribution is 5.98. The van der Waals surface area contributed by atoms with E-state index in [1.165, 1.54) is 18.2 Å². The van der Waals surface area contributed by atoms with Gasteiger partial charge in [-0.2, -0.15) is 10.5 Å². The van der Waals surface area contributed by atoms with Crippen molar-refractivity contribution in [2.24, 2.45) is 0 Å². The van der Waals surface area contributed by atoms with Gasteiger partial charge < -0.3 is 4.74 Å². The Bertz CT molecular complexity index is 1090. The lowest BCUT2D eigenvalue weighted by Gasteiger charge is -2.11. The SMILES string of the molecule is N#Cc1ccc(F)c(COC(=O)c2ccccc2-c2ccccc2C#N)c1. The van der Waals surface area contributed by atoms with Crippen LogP contribution in [0.2, 0.25) is 0 Å². The van der Waals surface area contributed by atoms with Crippen LogP contribution in [0.25, 0.3) is 11.1 Å². The first-order valence-electron chi connectivity index (χ1n) is 8.08. The Hall–Kier alpha value is -3.96. The molecule has 0 atom stereocenters. The van der Waals surface area contributed by atoms with Crippen LogP contribution in [-0.2, 0) is 11.3 Å². The third-order valence-corrected chi connectivity index (χ3v) is 4.02. The summed E-state index contributed by atoms with van der Waals surface area (Å²) in [6.45, 7) is -0.297. The predicted molar refractivity (Wildman–Crippen MR) is 96.8 cm³/mol. The third kappa shape index (κ3) is 3.84. The van der Waals surface area contributed by atoms with E-state index in [2.05, 4.69) is 6.07 Å². The Balaban J connectivity index is 1.89. The molecule has 5 heteroatoms. The van der Waals surface area contributed by atoms with E-state index in [9.17, 15) is 14.4 Å². The maximum Gasteiger partial charge on any atom is 0.339 e. The van der Waals surface area contributed by atoms with Gasteiger partial charge in [-0.1, -0.05) is 36.4 Å². The van der Waals surface area contributed by atoms with Crippen molar-refractivity contribution in [3.8, 4) is 23.3 Å². The summed E-state index contributed by atoms with van der Waals surface area (Å²) in [5.41, 5.74) is 2.29. The molecule has 0 aliphatic rings. The number of nitriles is 2. The van der Waals surface area contributed by atoms with Crippen molar-refractivity contribution in [1.82, 2.24) is 0 Å². The quantitative estimate of drug-likeness (QED) is 0.641. The van der Waals surface area contributed by atoms with Gasteiger partial charge in [-0.05, 0) is 35.9 Å². The second kappa shape index (κ2) is 7.95. The second-order valence-electron chi connectivity index (χ2n) is 5.70. The lowest BCUT2D eigenvalue weighted by Crippen LogP contribution is -2.08. The molecule has 0 radical (unpaired) electrons. The zero-order chi connectivity index (χ0) is 19.2. The van der Waals surface area contributed by atoms with E-state index in [-0.39, 0.29) is 23.3 Å². The number of carbonyl (C=O) groups excluding carboxylic acids is 1. The van der Waals surface area contributed by atoms with Crippen molar-refractivity contribution >= 4 is 5.97 Å². The molecule has 0 unspecified atom stereocenters. The lowest BCUT2D eigenvalue weighted by molar-refractivity contribution is 0.0470. The van der Waals surface area contributed by atoms with Crippen LogP contribution in [0.1, 0.15) is 27.0 Å². The van der Waals surface area contributed by atoms with Crippen molar-refractivity contribution in [3.05, 3.63) is 94.8 Å². The fourth-order valence-corrected chi connectivity index (χ4v) is 2.69. The molecule has 0 saturated carbocycles. The molecule has 3 aromatic carbocycles. The molecule has 0 N–H and O–H groups in total. The first kappa shape index (κ1) is 17.8. The molecule has 0 bridgehead atoms. The number of rotatable bonds is 4. The summed E-state index contributed by atoms with van der Waals surface area (Å²) >= 11 is 0. The molecule has 3 aromatic rings. The molecule has 3 rings (SSSR count). The van der Waals surface area contributed by atoms with E-state index in [0.29, 0.717) is 16.7 Å². The maximum atomic E-state index is 13.9. The normalized spacial score (nSPS) is 9.89. The van der Waals surface area contributed by atoms with Crippen LogP contribution in [-0.4, -0.2) is 5.97 Å². The van der Waals surface area contributed by atoms with E-state index in [1.807, 2.05) is 6.07 Å². The molecule has 0 aliphatic heterocycles. The topological polar surface area (TPSA) is 73.9 Å². The van der Waals surface area contributed by atoms with Crippen molar-refractivity contribution in [1.29, 1.82) is 10.5 Å². The molecule has 0 aromatic heterocycles. The number of nitrogens with zero attached hydrogens (tertiary/aromatic N) is 2. The highest BCUT2D eigenvalue weighted by Crippen LogP contribution is 2.27. The van der Waals surface area contributed by atoms with E-state index in [4.69, 9.17) is 10.00 Å². The van der Waals surface area contributed by atoms with Crippen LogP contribution in [0.4, 0.5) is 4.39 Å². The number of benzene rings is 3. The minimum absolute atomic E-state index is 0.123. The second-order valence-corrected chi connectivity index (χ2v) is 5.70. The van der Waals surface area contributed by atoms with Gasteiger partial charge in [0.25, 0.3) is 0 Å². The average molecular weight is 356 g/mol.